The smallest absolute Gasteiger partial charge is 0.343 e. The summed E-state index contributed by atoms with van der Waals surface area (Å²) in [6.45, 7) is 14.2. The lowest BCUT2D eigenvalue weighted by Crippen LogP contribution is -2.13. The summed E-state index contributed by atoms with van der Waals surface area (Å²) in [5.41, 5.74) is 4.03. The maximum Gasteiger partial charge on any atom is 0.343 e. The highest BCUT2D eigenvalue weighted by atomic mass is 32.1. The van der Waals surface area contributed by atoms with Crippen molar-refractivity contribution in [2.45, 2.75) is 25.7 Å². The predicted molar refractivity (Wildman–Crippen MR) is 265 cm³/mol. The highest BCUT2D eigenvalue weighted by Crippen LogP contribution is 2.33. The molecule has 0 atom stereocenters. The molecule has 1 N–H and O–H groups in total. The Kier molecular flexibility index (Phi) is 22.0. The van der Waals surface area contributed by atoms with Crippen LogP contribution in [-0.4, -0.2) is 99.9 Å². The molecule has 5 rings (SSSR count). The summed E-state index contributed by atoms with van der Waals surface area (Å²) in [5, 5.41) is 4.83. The number of carbonyl (C=O) groups excluding carboxylic acids is 6. The number of aromatic nitrogens is 1. The van der Waals surface area contributed by atoms with Crippen molar-refractivity contribution < 1.29 is 76.1 Å². The van der Waals surface area contributed by atoms with Gasteiger partial charge in [0.2, 0.25) is 5.13 Å². The van der Waals surface area contributed by atoms with E-state index in [9.17, 15) is 28.8 Å². The SMILES string of the molecule is C=CC(=O)OCCCOc1ccc(C(=O)Oc2ccc(OC(=O)c3ccc(OCCCOC(=O)C=C)c(OCCCOC(=O)C=C)c3)c(/C=N/Nc3nc4ccccc4s3)c2)cc1OCCCOC(=O)C=C. The molecule has 0 saturated heterocycles. The number of para-hydroxylation sites is 1. The van der Waals surface area contributed by atoms with E-state index in [1.807, 2.05) is 24.3 Å². The number of nitrogens with one attached hydrogen (secondary N) is 1. The summed E-state index contributed by atoms with van der Waals surface area (Å²) < 4.78 is 56.3. The zero-order valence-electron chi connectivity index (χ0n) is 39.0. The van der Waals surface area contributed by atoms with Crippen LogP contribution in [0.15, 0.2) is 135 Å². The molecule has 4 aromatic carbocycles. The zero-order valence-corrected chi connectivity index (χ0v) is 39.9. The normalized spacial score (nSPS) is 10.6. The fourth-order valence-corrected chi connectivity index (χ4v) is 6.63. The maximum absolute atomic E-state index is 13.8. The van der Waals surface area contributed by atoms with E-state index in [0.717, 1.165) is 34.5 Å². The monoisotopic (exact) mass is 1010 g/mol. The third-order valence-electron chi connectivity index (χ3n) is 9.24. The van der Waals surface area contributed by atoms with E-state index < -0.39 is 35.8 Å². The van der Waals surface area contributed by atoms with Gasteiger partial charge in [-0.15, -0.1) is 0 Å². The minimum atomic E-state index is -0.798. The molecule has 1 heterocycles. The summed E-state index contributed by atoms with van der Waals surface area (Å²) >= 11 is 1.37. The Morgan fingerprint density at radius 1 is 0.514 bits per heavy atom. The number of hydrogen-bond acceptors (Lipinski definition) is 20. The third-order valence-corrected chi connectivity index (χ3v) is 10.2. The summed E-state index contributed by atoms with van der Waals surface area (Å²) in [6.07, 6.45) is 6.88. The molecule has 0 radical (unpaired) electrons. The lowest BCUT2D eigenvalue weighted by molar-refractivity contribution is -0.138. The van der Waals surface area contributed by atoms with Crippen LogP contribution in [0.3, 0.4) is 0 Å². The van der Waals surface area contributed by atoms with Crippen LogP contribution in [0, 0.1) is 0 Å². The molecule has 1 aromatic heterocycles. The van der Waals surface area contributed by atoms with Crippen LogP contribution in [0.4, 0.5) is 5.13 Å². The molecular formula is C52H51N3O16S. The molecular weight excluding hydrogens is 955 g/mol. The molecule has 0 bridgehead atoms. The first-order chi connectivity index (χ1) is 35.0. The first-order valence-electron chi connectivity index (χ1n) is 22.2. The summed E-state index contributed by atoms with van der Waals surface area (Å²) in [5.74, 6) is -2.86. The van der Waals surface area contributed by atoms with Crippen molar-refractivity contribution >= 4 is 68.7 Å². The third kappa shape index (κ3) is 17.9. The molecule has 0 amide bonds. The molecule has 72 heavy (non-hydrogen) atoms. The molecule has 19 nitrogen and oxygen atoms in total. The Balaban J connectivity index is 1.36. The highest BCUT2D eigenvalue weighted by molar-refractivity contribution is 7.22. The van der Waals surface area contributed by atoms with Gasteiger partial charge in [0, 0.05) is 55.6 Å². The molecule has 0 aliphatic carbocycles. The van der Waals surface area contributed by atoms with Crippen molar-refractivity contribution in [1.29, 1.82) is 0 Å². The van der Waals surface area contributed by atoms with Crippen LogP contribution in [0.5, 0.6) is 34.5 Å². The van der Waals surface area contributed by atoms with Gasteiger partial charge in [-0.3, -0.25) is 5.43 Å². The lowest BCUT2D eigenvalue weighted by Gasteiger charge is -2.15. The quantitative estimate of drug-likeness (QED) is 0.00838. The maximum atomic E-state index is 13.8. The first-order valence-corrected chi connectivity index (χ1v) is 23.0. The first kappa shape index (κ1) is 54.2. The zero-order chi connectivity index (χ0) is 51.5. The average Bonchev–Trinajstić information content (AvgIpc) is 3.82. The van der Waals surface area contributed by atoms with Crippen LogP contribution >= 0.6 is 11.3 Å². The van der Waals surface area contributed by atoms with Gasteiger partial charge in [-0.25, -0.2) is 33.8 Å². The van der Waals surface area contributed by atoms with E-state index in [-0.39, 0.29) is 104 Å². The van der Waals surface area contributed by atoms with Crippen LogP contribution in [0.1, 0.15) is 52.0 Å². The van der Waals surface area contributed by atoms with Crippen molar-refractivity contribution in [3.8, 4) is 34.5 Å². The Bertz CT molecular complexity index is 2730. The predicted octanol–water partition coefficient (Wildman–Crippen LogP) is 8.17. The molecule has 0 aliphatic rings. The van der Waals surface area contributed by atoms with Gasteiger partial charge >= 0.3 is 35.8 Å². The van der Waals surface area contributed by atoms with Gasteiger partial charge in [0.1, 0.15) is 11.5 Å². The van der Waals surface area contributed by atoms with Gasteiger partial charge < -0.3 is 47.4 Å². The van der Waals surface area contributed by atoms with E-state index in [0.29, 0.717) is 30.8 Å². The van der Waals surface area contributed by atoms with Crippen LogP contribution in [-0.2, 0) is 38.1 Å². The largest absolute Gasteiger partial charge is 0.490 e. The van der Waals surface area contributed by atoms with Crippen molar-refractivity contribution in [2.24, 2.45) is 5.10 Å². The number of fused-ring (bicyclic) bond motifs is 1. The Hall–Kier alpha value is -8.78. The van der Waals surface area contributed by atoms with Gasteiger partial charge in [0.15, 0.2) is 23.0 Å². The number of esters is 6. The number of ether oxygens (including phenoxy) is 10. The van der Waals surface area contributed by atoms with Crippen molar-refractivity contribution in [3.05, 3.63) is 146 Å². The molecule has 0 unspecified atom stereocenters. The van der Waals surface area contributed by atoms with Crippen LogP contribution < -0.4 is 33.8 Å². The Morgan fingerprint density at radius 3 is 1.43 bits per heavy atom. The van der Waals surface area contributed by atoms with Gasteiger partial charge in [-0.1, -0.05) is 49.8 Å². The topological polar surface area (TPSA) is 232 Å². The van der Waals surface area contributed by atoms with E-state index in [1.54, 1.807) is 0 Å². The van der Waals surface area contributed by atoms with Gasteiger partial charge in [-0.2, -0.15) is 5.10 Å². The molecule has 0 fully saturated rings. The molecule has 20 heteroatoms. The van der Waals surface area contributed by atoms with E-state index in [4.69, 9.17) is 47.4 Å². The second kappa shape index (κ2) is 29.3. The average molecular weight is 1010 g/mol. The molecule has 0 spiro atoms. The van der Waals surface area contributed by atoms with Crippen molar-refractivity contribution in [2.75, 3.05) is 58.3 Å². The van der Waals surface area contributed by atoms with E-state index >= 15 is 0 Å². The van der Waals surface area contributed by atoms with Gasteiger partial charge in [-0.05, 0) is 66.7 Å². The minimum absolute atomic E-state index is 0.0331. The number of hydrogen-bond donors (Lipinski definition) is 1. The van der Waals surface area contributed by atoms with E-state index in [1.165, 1.54) is 72.1 Å². The Morgan fingerprint density at radius 2 is 0.958 bits per heavy atom. The highest BCUT2D eigenvalue weighted by Gasteiger charge is 2.19. The molecule has 376 valence electrons. The van der Waals surface area contributed by atoms with Crippen LogP contribution in [0.25, 0.3) is 10.2 Å². The van der Waals surface area contributed by atoms with Gasteiger partial charge in [0.05, 0.1) is 80.4 Å². The number of anilines is 1. The number of rotatable bonds is 31. The summed E-state index contributed by atoms with van der Waals surface area (Å²) in [4.78, 5) is 77.9. The number of thiazole rings is 1. The second-order valence-corrected chi connectivity index (χ2v) is 15.5. The second-order valence-electron chi connectivity index (χ2n) is 14.5. The number of hydrazone groups is 1. The van der Waals surface area contributed by atoms with Gasteiger partial charge in [0.25, 0.3) is 0 Å². The fraction of sp³-hybridized carbons (Fsp3) is 0.231. The minimum Gasteiger partial charge on any atom is -0.490 e. The van der Waals surface area contributed by atoms with Crippen molar-refractivity contribution in [1.82, 2.24) is 4.98 Å². The standard InChI is InChI=1S/C52H51N3O16S/c1-5-46(56)66-27-11-23-62-41-20-17-35(32-43(41)64-25-13-29-68-48(58)7-3)50(60)70-38-19-22-40(37(31-38)34-53-55-52-54-39-15-9-10-16-45(39)72-52)71-51(61)36-18-21-42(63-24-12-28-67-47(57)6-2)44(33-36)65-26-14-30-69-49(59)8-4/h5-10,15-22,31-34H,1-4,11-14,23-30H2,(H,54,55)/b53-34+. The van der Waals surface area contributed by atoms with E-state index in [2.05, 4.69) is 41.8 Å². The lowest BCUT2D eigenvalue weighted by atomic mass is 10.1. The number of carbonyl (C=O) groups is 6. The van der Waals surface area contributed by atoms with Crippen LogP contribution in [0.2, 0.25) is 0 Å². The number of nitrogens with zero attached hydrogens (tertiary/aromatic N) is 2. The Labute approximate surface area is 418 Å². The summed E-state index contributed by atoms with van der Waals surface area (Å²) in [6, 6.07) is 20.7. The number of benzene rings is 4. The molecule has 5 aromatic rings. The molecule has 0 saturated carbocycles. The van der Waals surface area contributed by atoms with Crippen molar-refractivity contribution in [3.63, 3.8) is 0 Å². The fourth-order valence-electron chi connectivity index (χ4n) is 5.81. The summed E-state index contributed by atoms with van der Waals surface area (Å²) in [7, 11) is 0. The molecule has 0 aliphatic heterocycles.